The van der Waals surface area contributed by atoms with Crippen LogP contribution in [0, 0.1) is 0 Å². The predicted octanol–water partition coefficient (Wildman–Crippen LogP) is 0.213. The molecule has 2 fully saturated rings. The molecule has 0 aromatic rings. The van der Waals surface area contributed by atoms with E-state index in [2.05, 4.69) is 18.9 Å². The number of hydrogen-bond acceptors (Lipinski definition) is 4. The van der Waals surface area contributed by atoms with Crippen LogP contribution in [0.15, 0.2) is 0 Å². The first-order valence-electron chi connectivity index (χ1n) is 5.82. The van der Waals surface area contributed by atoms with Crippen molar-refractivity contribution >= 4 is 0 Å². The van der Waals surface area contributed by atoms with Crippen molar-refractivity contribution < 1.29 is 9.47 Å². The zero-order valence-electron chi connectivity index (χ0n) is 9.74. The first kappa shape index (κ1) is 11.3. The molecule has 2 N–H and O–H groups in total. The second-order valence-electron chi connectivity index (χ2n) is 4.77. The van der Waals surface area contributed by atoms with Crippen molar-refractivity contribution in [3.63, 3.8) is 0 Å². The van der Waals surface area contributed by atoms with Gasteiger partial charge in [0.25, 0.3) is 0 Å². The summed E-state index contributed by atoms with van der Waals surface area (Å²) >= 11 is 0. The summed E-state index contributed by atoms with van der Waals surface area (Å²) in [5.41, 5.74) is 5.97. The van der Waals surface area contributed by atoms with E-state index in [-0.39, 0.29) is 5.54 Å². The third kappa shape index (κ3) is 1.91. The fourth-order valence-electron chi connectivity index (χ4n) is 2.76. The van der Waals surface area contributed by atoms with E-state index in [1.54, 1.807) is 0 Å². The van der Waals surface area contributed by atoms with Crippen molar-refractivity contribution in [2.24, 2.45) is 5.73 Å². The molecule has 3 atom stereocenters. The summed E-state index contributed by atoms with van der Waals surface area (Å²) in [5, 5.41) is 0. The zero-order valence-corrected chi connectivity index (χ0v) is 9.74. The van der Waals surface area contributed by atoms with Gasteiger partial charge in [-0.3, -0.25) is 4.90 Å². The van der Waals surface area contributed by atoms with Crippen molar-refractivity contribution in [2.75, 3.05) is 33.4 Å². The van der Waals surface area contributed by atoms with E-state index in [4.69, 9.17) is 15.2 Å². The van der Waals surface area contributed by atoms with E-state index in [1.165, 1.54) is 0 Å². The lowest BCUT2D eigenvalue weighted by Gasteiger charge is -2.41. The Kier molecular flexibility index (Phi) is 3.30. The molecule has 4 nitrogen and oxygen atoms in total. The van der Waals surface area contributed by atoms with Crippen LogP contribution in [0.1, 0.15) is 19.8 Å². The van der Waals surface area contributed by atoms with Gasteiger partial charge in [-0.1, -0.05) is 0 Å². The molecule has 0 saturated carbocycles. The van der Waals surface area contributed by atoms with Gasteiger partial charge in [0.1, 0.15) is 0 Å². The minimum absolute atomic E-state index is 0.0482. The molecule has 0 amide bonds. The summed E-state index contributed by atoms with van der Waals surface area (Å²) in [6.45, 7) is 5.30. The van der Waals surface area contributed by atoms with Crippen LogP contribution in [0.5, 0.6) is 0 Å². The Labute approximate surface area is 91.7 Å². The monoisotopic (exact) mass is 214 g/mol. The first-order chi connectivity index (χ1) is 7.19. The summed E-state index contributed by atoms with van der Waals surface area (Å²) in [7, 11) is 2.16. The molecule has 88 valence electrons. The minimum atomic E-state index is 0.0482. The molecule has 0 bridgehead atoms. The molecule has 0 radical (unpaired) electrons. The minimum Gasteiger partial charge on any atom is -0.379 e. The Balaban J connectivity index is 2.07. The fourth-order valence-corrected chi connectivity index (χ4v) is 2.76. The van der Waals surface area contributed by atoms with Crippen molar-refractivity contribution in [1.29, 1.82) is 0 Å². The molecule has 2 aliphatic rings. The fraction of sp³-hybridized carbons (Fsp3) is 1.00. The van der Waals surface area contributed by atoms with Gasteiger partial charge in [-0.15, -0.1) is 0 Å². The Morgan fingerprint density at radius 2 is 2.27 bits per heavy atom. The molecule has 4 heteroatoms. The van der Waals surface area contributed by atoms with Gasteiger partial charge in [-0.25, -0.2) is 0 Å². The number of ether oxygens (including phenoxy) is 2. The average Bonchev–Trinajstić information content (AvgIpc) is 2.86. The van der Waals surface area contributed by atoms with E-state index in [0.717, 1.165) is 32.7 Å². The number of likely N-dealkylation sites (N-methyl/N-ethyl adjacent to an activating group) is 1. The smallest absolute Gasteiger partial charge is 0.0703 e. The summed E-state index contributed by atoms with van der Waals surface area (Å²) in [4.78, 5) is 2.40. The van der Waals surface area contributed by atoms with Crippen molar-refractivity contribution in [3.8, 4) is 0 Å². The molecule has 0 spiro atoms. The maximum Gasteiger partial charge on any atom is 0.0703 e. The van der Waals surface area contributed by atoms with Crippen LogP contribution in [-0.2, 0) is 9.47 Å². The number of nitrogens with two attached hydrogens (primary N) is 1. The van der Waals surface area contributed by atoms with Crippen LogP contribution >= 0.6 is 0 Å². The van der Waals surface area contributed by atoms with Crippen LogP contribution in [0.2, 0.25) is 0 Å². The molecule has 3 unspecified atom stereocenters. The van der Waals surface area contributed by atoms with Gasteiger partial charge in [-0.2, -0.15) is 0 Å². The molecule has 0 aromatic heterocycles. The highest BCUT2D eigenvalue weighted by Gasteiger charge is 2.43. The highest BCUT2D eigenvalue weighted by atomic mass is 16.5. The summed E-state index contributed by atoms with van der Waals surface area (Å²) in [6, 6.07) is 0.496. The lowest BCUT2D eigenvalue weighted by molar-refractivity contribution is 0.0217. The third-order valence-electron chi connectivity index (χ3n) is 4.04. The zero-order chi connectivity index (χ0) is 10.9. The van der Waals surface area contributed by atoms with Crippen LogP contribution in [0.4, 0.5) is 0 Å². The van der Waals surface area contributed by atoms with Gasteiger partial charge < -0.3 is 15.2 Å². The molecule has 2 heterocycles. The molecule has 2 rings (SSSR count). The SMILES string of the molecule is CC1OCCC1N(C)C1(CN)CCOC1. The Morgan fingerprint density at radius 3 is 2.73 bits per heavy atom. The van der Waals surface area contributed by atoms with E-state index in [9.17, 15) is 0 Å². The lowest BCUT2D eigenvalue weighted by Crippen LogP contribution is -2.58. The standard InChI is InChI=1S/C11H22N2O2/c1-9-10(3-5-15-9)13(2)11(7-12)4-6-14-8-11/h9-10H,3-8,12H2,1-2H3. The maximum atomic E-state index is 5.92. The third-order valence-corrected chi connectivity index (χ3v) is 4.04. The molecule has 0 aromatic carbocycles. The molecule has 2 saturated heterocycles. The lowest BCUT2D eigenvalue weighted by atomic mass is 9.93. The summed E-state index contributed by atoms with van der Waals surface area (Å²) in [5.74, 6) is 0. The Bertz CT molecular complexity index is 217. The van der Waals surface area contributed by atoms with Gasteiger partial charge in [0.2, 0.25) is 0 Å². The van der Waals surface area contributed by atoms with E-state index in [0.29, 0.717) is 18.7 Å². The molecular formula is C11H22N2O2. The van der Waals surface area contributed by atoms with Crippen LogP contribution in [-0.4, -0.2) is 56.0 Å². The Morgan fingerprint density at radius 1 is 1.47 bits per heavy atom. The first-order valence-corrected chi connectivity index (χ1v) is 5.82. The van der Waals surface area contributed by atoms with Crippen LogP contribution in [0.3, 0.4) is 0 Å². The van der Waals surface area contributed by atoms with Crippen LogP contribution < -0.4 is 5.73 Å². The largest absolute Gasteiger partial charge is 0.379 e. The molecular weight excluding hydrogens is 192 g/mol. The van der Waals surface area contributed by atoms with Gasteiger partial charge in [-0.05, 0) is 26.8 Å². The van der Waals surface area contributed by atoms with Gasteiger partial charge in [0, 0.05) is 25.8 Å². The van der Waals surface area contributed by atoms with Crippen LogP contribution in [0.25, 0.3) is 0 Å². The van der Waals surface area contributed by atoms with Crippen molar-refractivity contribution in [3.05, 3.63) is 0 Å². The number of rotatable bonds is 3. The molecule has 0 aliphatic carbocycles. The second-order valence-corrected chi connectivity index (χ2v) is 4.77. The normalized spacial score (nSPS) is 41.6. The summed E-state index contributed by atoms with van der Waals surface area (Å²) in [6.07, 6.45) is 2.47. The van der Waals surface area contributed by atoms with E-state index < -0.39 is 0 Å². The second kappa shape index (κ2) is 4.37. The predicted molar refractivity (Wildman–Crippen MR) is 58.8 cm³/mol. The molecule has 15 heavy (non-hydrogen) atoms. The van der Waals surface area contributed by atoms with E-state index in [1.807, 2.05) is 0 Å². The highest BCUT2D eigenvalue weighted by molar-refractivity contribution is 4.98. The average molecular weight is 214 g/mol. The highest BCUT2D eigenvalue weighted by Crippen LogP contribution is 2.30. The number of hydrogen-bond donors (Lipinski definition) is 1. The Hall–Kier alpha value is -0.160. The van der Waals surface area contributed by atoms with Gasteiger partial charge in [0.15, 0.2) is 0 Å². The topological polar surface area (TPSA) is 47.7 Å². The molecule has 2 aliphatic heterocycles. The van der Waals surface area contributed by atoms with Crippen molar-refractivity contribution in [2.45, 2.75) is 37.5 Å². The number of nitrogens with zero attached hydrogens (tertiary/aromatic N) is 1. The quantitative estimate of drug-likeness (QED) is 0.730. The summed E-state index contributed by atoms with van der Waals surface area (Å²) < 4.78 is 11.1. The van der Waals surface area contributed by atoms with Gasteiger partial charge in [0.05, 0.1) is 18.2 Å². The van der Waals surface area contributed by atoms with Gasteiger partial charge >= 0.3 is 0 Å². The van der Waals surface area contributed by atoms with Crippen molar-refractivity contribution in [1.82, 2.24) is 4.90 Å². The maximum absolute atomic E-state index is 5.92. The van der Waals surface area contributed by atoms with E-state index >= 15 is 0 Å².